The largest absolute Gasteiger partial charge is 0.397 e. The second-order valence-electron chi connectivity index (χ2n) is 5.06. The second-order valence-corrected chi connectivity index (χ2v) is 7.10. The van der Waals surface area contributed by atoms with E-state index in [0.717, 1.165) is 37.3 Å². The lowest BCUT2D eigenvalue weighted by molar-refractivity contribution is 0.314. The number of piperidine rings is 1. The first-order chi connectivity index (χ1) is 8.89. The number of hydrogen-bond acceptors (Lipinski definition) is 4. The van der Waals surface area contributed by atoms with Crippen LogP contribution in [0, 0.1) is 0 Å². The summed E-state index contributed by atoms with van der Waals surface area (Å²) in [4.78, 5) is 2.22. The topological polar surface area (TPSA) is 66.6 Å². The normalized spacial score (nSPS) is 17.9. The molecule has 2 N–H and O–H groups in total. The van der Waals surface area contributed by atoms with E-state index >= 15 is 0 Å². The molecule has 0 aromatic heterocycles. The minimum atomic E-state index is -3.10. The molecule has 0 amide bonds. The molecule has 0 radical (unpaired) electrons. The first-order valence-electron chi connectivity index (χ1n) is 6.42. The number of hydrogen-bond donors (Lipinski definition) is 1. The van der Waals surface area contributed by atoms with Crippen LogP contribution in [0.15, 0.2) is 24.3 Å². The summed E-state index contributed by atoms with van der Waals surface area (Å²) in [6.07, 6.45) is 2.92. The predicted octanol–water partition coefficient (Wildman–Crippen LogP) is 1.13. The van der Waals surface area contributed by atoms with E-state index in [2.05, 4.69) is 4.90 Å². The molecule has 5 nitrogen and oxygen atoms in total. The molecule has 0 bridgehead atoms. The first kappa shape index (κ1) is 14.1. The number of nitrogen functional groups attached to an aromatic ring is 1. The van der Waals surface area contributed by atoms with Gasteiger partial charge in [-0.2, -0.15) is 0 Å². The number of para-hydroxylation sites is 2. The highest BCUT2D eigenvalue weighted by Gasteiger charge is 2.27. The van der Waals surface area contributed by atoms with Gasteiger partial charge in [-0.25, -0.2) is 12.7 Å². The van der Waals surface area contributed by atoms with E-state index in [1.807, 2.05) is 24.3 Å². The lowest BCUT2D eigenvalue weighted by Gasteiger charge is -2.37. The zero-order valence-corrected chi connectivity index (χ0v) is 12.2. The van der Waals surface area contributed by atoms with Crippen molar-refractivity contribution in [2.75, 3.05) is 37.0 Å². The lowest BCUT2D eigenvalue weighted by Crippen LogP contribution is -2.45. The maximum atomic E-state index is 11.5. The standard InChI is InChI=1S/C13H21N3O2S/c1-15(19(2,17)18)11-7-9-16(10-8-11)13-6-4-3-5-12(13)14/h3-6,11H,7-10,14H2,1-2H3. The summed E-state index contributed by atoms with van der Waals surface area (Å²) in [5, 5.41) is 0. The van der Waals surface area contributed by atoms with Gasteiger partial charge in [-0.1, -0.05) is 12.1 Å². The van der Waals surface area contributed by atoms with E-state index in [1.165, 1.54) is 10.6 Å². The Morgan fingerprint density at radius 1 is 1.26 bits per heavy atom. The van der Waals surface area contributed by atoms with E-state index in [-0.39, 0.29) is 6.04 Å². The molecule has 2 rings (SSSR count). The SMILES string of the molecule is CN(C1CCN(c2ccccc2N)CC1)S(C)(=O)=O. The molecule has 0 spiro atoms. The maximum Gasteiger partial charge on any atom is 0.211 e. The minimum absolute atomic E-state index is 0.0937. The van der Waals surface area contributed by atoms with Gasteiger partial charge in [0.25, 0.3) is 0 Å². The number of benzene rings is 1. The predicted molar refractivity (Wildman–Crippen MR) is 78.7 cm³/mol. The summed E-state index contributed by atoms with van der Waals surface area (Å²) >= 11 is 0. The third-order valence-corrected chi connectivity index (χ3v) is 5.12. The Balaban J connectivity index is 2.02. The Kier molecular flexibility index (Phi) is 4.01. The highest BCUT2D eigenvalue weighted by Crippen LogP contribution is 2.27. The average molecular weight is 283 g/mol. The Morgan fingerprint density at radius 3 is 2.37 bits per heavy atom. The molecule has 1 aliphatic heterocycles. The van der Waals surface area contributed by atoms with Crippen LogP contribution in [-0.2, 0) is 10.0 Å². The Morgan fingerprint density at radius 2 is 1.84 bits per heavy atom. The van der Waals surface area contributed by atoms with Crippen LogP contribution in [0.3, 0.4) is 0 Å². The van der Waals surface area contributed by atoms with Crippen molar-refractivity contribution in [3.63, 3.8) is 0 Å². The fourth-order valence-corrected chi connectivity index (χ4v) is 3.27. The van der Waals surface area contributed by atoms with Gasteiger partial charge in [0, 0.05) is 26.2 Å². The quantitative estimate of drug-likeness (QED) is 0.845. The van der Waals surface area contributed by atoms with Gasteiger partial charge in [0.05, 0.1) is 17.6 Å². The third kappa shape index (κ3) is 3.19. The van der Waals surface area contributed by atoms with Crippen molar-refractivity contribution in [2.45, 2.75) is 18.9 Å². The highest BCUT2D eigenvalue weighted by atomic mass is 32.2. The molecule has 0 saturated carbocycles. The molecule has 1 aliphatic rings. The molecule has 1 fully saturated rings. The molecule has 0 atom stereocenters. The molecule has 19 heavy (non-hydrogen) atoms. The number of anilines is 2. The fraction of sp³-hybridized carbons (Fsp3) is 0.538. The average Bonchev–Trinajstić information content (AvgIpc) is 2.38. The molecule has 106 valence electrons. The Bertz CT molecular complexity index is 537. The van der Waals surface area contributed by atoms with Crippen molar-refractivity contribution in [1.29, 1.82) is 0 Å². The maximum absolute atomic E-state index is 11.5. The van der Waals surface area contributed by atoms with Gasteiger partial charge in [-0.3, -0.25) is 0 Å². The molecule has 0 aliphatic carbocycles. The van der Waals surface area contributed by atoms with Gasteiger partial charge in [0.2, 0.25) is 10.0 Å². The first-order valence-corrected chi connectivity index (χ1v) is 8.27. The van der Waals surface area contributed by atoms with Gasteiger partial charge in [-0.05, 0) is 25.0 Å². The monoisotopic (exact) mass is 283 g/mol. The summed E-state index contributed by atoms with van der Waals surface area (Å²) in [6, 6.07) is 7.89. The molecule has 1 heterocycles. The molecule has 1 aromatic carbocycles. The van der Waals surface area contributed by atoms with Gasteiger partial charge in [0.15, 0.2) is 0 Å². The summed E-state index contributed by atoms with van der Waals surface area (Å²) in [5.41, 5.74) is 7.79. The minimum Gasteiger partial charge on any atom is -0.397 e. The zero-order valence-electron chi connectivity index (χ0n) is 11.4. The van der Waals surface area contributed by atoms with Crippen LogP contribution in [0.1, 0.15) is 12.8 Å². The van der Waals surface area contributed by atoms with Crippen LogP contribution in [0.5, 0.6) is 0 Å². The fourth-order valence-electron chi connectivity index (χ4n) is 2.52. The van der Waals surface area contributed by atoms with E-state index < -0.39 is 10.0 Å². The summed E-state index contributed by atoms with van der Waals surface area (Å²) in [6.45, 7) is 1.66. The molecule has 1 saturated heterocycles. The molecular weight excluding hydrogens is 262 g/mol. The van der Waals surface area contributed by atoms with Crippen LogP contribution < -0.4 is 10.6 Å². The third-order valence-electron chi connectivity index (χ3n) is 3.78. The zero-order chi connectivity index (χ0) is 14.0. The Labute approximate surface area is 115 Å². The van der Waals surface area contributed by atoms with Gasteiger partial charge >= 0.3 is 0 Å². The molecular formula is C13H21N3O2S. The summed E-state index contributed by atoms with van der Waals surface area (Å²) in [5.74, 6) is 0. The van der Waals surface area contributed by atoms with Crippen molar-refractivity contribution in [3.8, 4) is 0 Å². The van der Waals surface area contributed by atoms with Gasteiger partial charge in [-0.15, -0.1) is 0 Å². The van der Waals surface area contributed by atoms with Crippen LogP contribution in [0.25, 0.3) is 0 Å². The molecule has 0 unspecified atom stereocenters. The number of nitrogens with zero attached hydrogens (tertiary/aromatic N) is 2. The lowest BCUT2D eigenvalue weighted by atomic mass is 10.0. The van der Waals surface area contributed by atoms with E-state index in [0.29, 0.717) is 0 Å². The van der Waals surface area contributed by atoms with Crippen LogP contribution in [0.2, 0.25) is 0 Å². The van der Waals surface area contributed by atoms with Gasteiger partial charge < -0.3 is 10.6 Å². The number of sulfonamides is 1. The van der Waals surface area contributed by atoms with Crippen molar-refractivity contribution in [2.24, 2.45) is 0 Å². The molecule has 6 heteroatoms. The summed E-state index contributed by atoms with van der Waals surface area (Å²) < 4.78 is 24.5. The van der Waals surface area contributed by atoms with Gasteiger partial charge in [0.1, 0.15) is 0 Å². The van der Waals surface area contributed by atoms with Crippen LogP contribution in [-0.4, -0.2) is 45.2 Å². The van der Waals surface area contributed by atoms with Crippen molar-refractivity contribution >= 4 is 21.4 Å². The smallest absolute Gasteiger partial charge is 0.211 e. The van der Waals surface area contributed by atoms with Crippen molar-refractivity contribution in [3.05, 3.63) is 24.3 Å². The number of rotatable bonds is 3. The van der Waals surface area contributed by atoms with Crippen LogP contribution in [0.4, 0.5) is 11.4 Å². The van der Waals surface area contributed by atoms with E-state index in [4.69, 9.17) is 5.73 Å². The second kappa shape index (κ2) is 5.38. The summed E-state index contributed by atoms with van der Waals surface area (Å²) in [7, 11) is -1.44. The van der Waals surface area contributed by atoms with Crippen molar-refractivity contribution in [1.82, 2.24) is 4.31 Å². The molecule has 1 aromatic rings. The van der Waals surface area contributed by atoms with E-state index in [1.54, 1.807) is 7.05 Å². The van der Waals surface area contributed by atoms with E-state index in [9.17, 15) is 8.42 Å². The number of nitrogens with two attached hydrogens (primary N) is 1. The van der Waals surface area contributed by atoms with Crippen LogP contribution >= 0.6 is 0 Å². The Hall–Kier alpha value is -1.27. The van der Waals surface area contributed by atoms with Crippen molar-refractivity contribution < 1.29 is 8.42 Å². The highest BCUT2D eigenvalue weighted by molar-refractivity contribution is 7.88.